The van der Waals surface area contributed by atoms with Crippen LogP contribution in [0.25, 0.3) is 0 Å². The molecule has 0 radical (unpaired) electrons. The Morgan fingerprint density at radius 1 is 1.40 bits per heavy atom. The first kappa shape index (κ1) is 14.5. The van der Waals surface area contributed by atoms with Gasteiger partial charge in [0, 0.05) is 18.7 Å². The second-order valence-corrected chi connectivity index (χ2v) is 5.81. The lowest BCUT2D eigenvalue weighted by Crippen LogP contribution is -2.40. The maximum absolute atomic E-state index is 12.1. The molecule has 1 aliphatic rings. The highest BCUT2D eigenvalue weighted by Crippen LogP contribution is 2.22. The Labute approximate surface area is 118 Å². The molecule has 4 N–H and O–H groups in total. The number of nitrogens with zero attached hydrogens (tertiary/aromatic N) is 3. The average Bonchev–Trinajstić information content (AvgIpc) is 2.34. The van der Waals surface area contributed by atoms with Gasteiger partial charge in [-0.15, -0.1) is 0 Å². The van der Waals surface area contributed by atoms with Crippen molar-refractivity contribution in [3.8, 4) is 0 Å². The first-order chi connectivity index (χ1) is 9.30. The summed E-state index contributed by atoms with van der Waals surface area (Å²) < 4.78 is 5.37. The van der Waals surface area contributed by atoms with Crippen LogP contribution >= 0.6 is 0 Å². The molecule has 0 saturated carbocycles. The van der Waals surface area contributed by atoms with E-state index < -0.39 is 5.60 Å². The predicted molar refractivity (Wildman–Crippen MR) is 74.7 cm³/mol. The van der Waals surface area contributed by atoms with Crippen LogP contribution in [0.5, 0.6) is 0 Å². The fourth-order valence-corrected chi connectivity index (χ4v) is 2.18. The van der Waals surface area contributed by atoms with Crippen LogP contribution < -0.4 is 11.5 Å². The number of ether oxygens (including phenoxy) is 1. The molecule has 2 rings (SSSR count). The third-order valence-electron chi connectivity index (χ3n) is 3.01. The fourth-order valence-electron chi connectivity index (χ4n) is 2.18. The molecular weight excluding hydrogens is 258 g/mol. The van der Waals surface area contributed by atoms with Crippen molar-refractivity contribution in [3.05, 3.63) is 17.0 Å². The Balaban J connectivity index is 2.19. The van der Waals surface area contributed by atoms with E-state index in [1.807, 2.05) is 20.8 Å². The van der Waals surface area contributed by atoms with Gasteiger partial charge in [-0.3, -0.25) is 0 Å². The van der Waals surface area contributed by atoms with Crippen LogP contribution in [0.15, 0.2) is 0 Å². The zero-order chi connectivity index (χ0) is 14.9. The van der Waals surface area contributed by atoms with Crippen molar-refractivity contribution in [3.63, 3.8) is 0 Å². The SMILES string of the molecule is CC(C)(C)OC(=O)N1CCc2c(CN)nc(N)nc2C1. The molecule has 0 unspecified atom stereocenters. The van der Waals surface area contributed by atoms with E-state index in [9.17, 15) is 4.79 Å². The molecule has 1 aromatic rings. The normalized spacial score (nSPS) is 14.9. The molecule has 0 aliphatic carbocycles. The first-order valence-electron chi connectivity index (χ1n) is 6.62. The van der Waals surface area contributed by atoms with E-state index in [-0.39, 0.29) is 12.0 Å². The third kappa shape index (κ3) is 3.16. The highest BCUT2D eigenvalue weighted by Gasteiger charge is 2.28. The predicted octanol–water partition coefficient (Wildman–Crippen LogP) is 0.811. The summed E-state index contributed by atoms with van der Waals surface area (Å²) in [6.07, 6.45) is 0.330. The van der Waals surface area contributed by atoms with Crippen LogP contribution in [0.2, 0.25) is 0 Å². The van der Waals surface area contributed by atoms with E-state index >= 15 is 0 Å². The summed E-state index contributed by atoms with van der Waals surface area (Å²) in [6, 6.07) is 0. The molecule has 0 saturated heterocycles. The van der Waals surface area contributed by atoms with Gasteiger partial charge in [0.25, 0.3) is 0 Å². The van der Waals surface area contributed by atoms with E-state index in [2.05, 4.69) is 9.97 Å². The number of fused-ring (bicyclic) bond motifs is 1. The second kappa shape index (κ2) is 5.24. The van der Waals surface area contributed by atoms with E-state index in [1.54, 1.807) is 4.90 Å². The van der Waals surface area contributed by atoms with Crippen LogP contribution in [0, 0.1) is 0 Å². The van der Waals surface area contributed by atoms with E-state index in [4.69, 9.17) is 16.2 Å². The number of hydrogen-bond acceptors (Lipinski definition) is 6. The van der Waals surface area contributed by atoms with Crippen molar-refractivity contribution in [2.45, 2.75) is 45.9 Å². The van der Waals surface area contributed by atoms with Gasteiger partial charge in [-0.05, 0) is 27.2 Å². The Bertz CT molecular complexity index is 524. The van der Waals surface area contributed by atoms with Crippen molar-refractivity contribution in [1.82, 2.24) is 14.9 Å². The number of anilines is 1. The maximum atomic E-state index is 12.1. The van der Waals surface area contributed by atoms with Crippen molar-refractivity contribution in [2.75, 3.05) is 12.3 Å². The molecule has 0 atom stereocenters. The molecule has 0 bridgehead atoms. The highest BCUT2D eigenvalue weighted by atomic mass is 16.6. The molecule has 0 fully saturated rings. The molecule has 110 valence electrons. The monoisotopic (exact) mass is 279 g/mol. The third-order valence-corrected chi connectivity index (χ3v) is 3.01. The van der Waals surface area contributed by atoms with Gasteiger partial charge in [-0.2, -0.15) is 0 Å². The van der Waals surface area contributed by atoms with Crippen molar-refractivity contribution < 1.29 is 9.53 Å². The number of carbonyl (C=O) groups excluding carboxylic acids is 1. The van der Waals surface area contributed by atoms with Gasteiger partial charge in [0.2, 0.25) is 5.95 Å². The zero-order valence-electron chi connectivity index (χ0n) is 12.1. The first-order valence-corrected chi connectivity index (χ1v) is 6.62. The number of carbonyl (C=O) groups is 1. The molecule has 1 amide bonds. The summed E-state index contributed by atoms with van der Waals surface area (Å²) >= 11 is 0. The maximum Gasteiger partial charge on any atom is 0.410 e. The Morgan fingerprint density at radius 2 is 2.10 bits per heavy atom. The van der Waals surface area contributed by atoms with Gasteiger partial charge >= 0.3 is 6.09 Å². The van der Waals surface area contributed by atoms with E-state index in [0.717, 1.165) is 17.0 Å². The summed E-state index contributed by atoms with van der Waals surface area (Å²) in [7, 11) is 0. The molecule has 0 spiro atoms. The van der Waals surface area contributed by atoms with E-state index in [0.29, 0.717) is 26.1 Å². The average molecular weight is 279 g/mol. The number of hydrogen-bond donors (Lipinski definition) is 2. The fraction of sp³-hybridized carbons (Fsp3) is 0.615. The summed E-state index contributed by atoms with van der Waals surface area (Å²) in [4.78, 5) is 22.0. The molecule has 20 heavy (non-hydrogen) atoms. The van der Waals surface area contributed by atoms with Gasteiger partial charge in [0.1, 0.15) is 5.60 Å². The van der Waals surface area contributed by atoms with Gasteiger partial charge in [-0.25, -0.2) is 14.8 Å². The summed E-state index contributed by atoms with van der Waals surface area (Å²) in [5.41, 5.74) is 13.4. The van der Waals surface area contributed by atoms with Crippen molar-refractivity contribution in [1.29, 1.82) is 0 Å². The quantitative estimate of drug-likeness (QED) is 0.787. The van der Waals surface area contributed by atoms with Crippen LogP contribution in [-0.2, 0) is 24.2 Å². The van der Waals surface area contributed by atoms with Gasteiger partial charge < -0.3 is 21.1 Å². The Hall–Kier alpha value is -1.89. The lowest BCUT2D eigenvalue weighted by molar-refractivity contribution is 0.0220. The van der Waals surface area contributed by atoms with Crippen LogP contribution in [0.3, 0.4) is 0 Å². The molecule has 2 heterocycles. The van der Waals surface area contributed by atoms with E-state index in [1.165, 1.54) is 0 Å². The molecule has 1 aliphatic heterocycles. The number of nitrogens with two attached hydrogens (primary N) is 2. The minimum atomic E-state index is -0.509. The van der Waals surface area contributed by atoms with Crippen LogP contribution in [0.4, 0.5) is 10.7 Å². The molecular formula is C13H21N5O2. The molecule has 1 aromatic heterocycles. The summed E-state index contributed by atoms with van der Waals surface area (Å²) in [6.45, 7) is 6.80. The number of rotatable bonds is 1. The molecule has 7 nitrogen and oxygen atoms in total. The largest absolute Gasteiger partial charge is 0.444 e. The second-order valence-electron chi connectivity index (χ2n) is 5.81. The minimum absolute atomic E-state index is 0.190. The molecule has 7 heteroatoms. The van der Waals surface area contributed by atoms with Crippen LogP contribution in [-0.4, -0.2) is 33.1 Å². The highest BCUT2D eigenvalue weighted by molar-refractivity contribution is 5.68. The summed E-state index contributed by atoms with van der Waals surface area (Å²) in [5.74, 6) is 0.190. The lowest BCUT2D eigenvalue weighted by atomic mass is 10.0. The lowest BCUT2D eigenvalue weighted by Gasteiger charge is -2.31. The summed E-state index contributed by atoms with van der Waals surface area (Å²) in [5, 5.41) is 0. The Kier molecular flexibility index (Phi) is 3.80. The number of nitrogen functional groups attached to an aromatic ring is 1. The smallest absolute Gasteiger partial charge is 0.410 e. The molecule has 0 aromatic carbocycles. The van der Waals surface area contributed by atoms with Crippen molar-refractivity contribution >= 4 is 12.0 Å². The number of aromatic nitrogens is 2. The standard InChI is InChI=1S/C13H21N5O2/c1-13(2,3)20-12(19)18-5-4-8-9(6-14)16-11(15)17-10(8)7-18/h4-7,14H2,1-3H3,(H2,15,16,17). The minimum Gasteiger partial charge on any atom is -0.444 e. The Morgan fingerprint density at radius 3 is 2.70 bits per heavy atom. The zero-order valence-corrected chi connectivity index (χ0v) is 12.1. The van der Waals surface area contributed by atoms with Gasteiger partial charge in [0.15, 0.2) is 0 Å². The van der Waals surface area contributed by atoms with Crippen LogP contribution in [0.1, 0.15) is 37.7 Å². The van der Waals surface area contributed by atoms with Gasteiger partial charge in [-0.1, -0.05) is 0 Å². The topological polar surface area (TPSA) is 107 Å². The van der Waals surface area contributed by atoms with Gasteiger partial charge in [0.05, 0.1) is 17.9 Å². The van der Waals surface area contributed by atoms with Crippen molar-refractivity contribution in [2.24, 2.45) is 5.73 Å². The number of amides is 1.